The van der Waals surface area contributed by atoms with Crippen molar-refractivity contribution in [3.8, 4) is 5.75 Å². The highest BCUT2D eigenvalue weighted by atomic mass is 16.5. The molecule has 0 saturated carbocycles. The average Bonchev–Trinajstić information content (AvgIpc) is 2.50. The van der Waals surface area contributed by atoms with Crippen molar-refractivity contribution in [1.29, 1.82) is 0 Å². The monoisotopic (exact) mass is 285 g/mol. The van der Waals surface area contributed by atoms with Crippen molar-refractivity contribution in [2.45, 2.75) is 12.8 Å². The number of carbonyl (C=O) groups excluding carboxylic acids is 1. The zero-order valence-corrected chi connectivity index (χ0v) is 12.0. The molecular formula is C17H19NO3. The highest BCUT2D eigenvalue weighted by molar-refractivity contribution is 5.72. The summed E-state index contributed by atoms with van der Waals surface area (Å²) in [6, 6.07) is 14.9. The fourth-order valence-electron chi connectivity index (χ4n) is 1.93. The summed E-state index contributed by atoms with van der Waals surface area (Å²) < 4.78 is 10.3. The minimum absolute atomic E-state index is 0.228. The van der Waals surface area contributed by atoms with Gasteiger partial charge in [0.1, 0.15) is 5.75 Å². The summed E-state index contributed by atoms with van der Waals surface area (Å²) in [6.07, 6.45) is 0.959. The summed E-state index contributed by atoms with van der Waals surface area (Å²) in [7, 11) is 1.63. The Morgan fingerprint density at radius 2 is 1.62 bits per heavy atom. The van der Waals surface area contributed by atoms with Gasteiger partial charge in [0.2, 0.25) is 0 Å². The Labute approximate surface area is 124 Å². The number of hydrogen-bond donors (Lipinski definition) is 1. The molecule has 21 heavy (non-hydrogen) atoms. The van der Waals surface area contributed by atoms with Gasteiger partial charge in [-0.3, -0.25) is 4.79 Å². The molecular weight excluding hydrogens is 266 g/mol. The number of carbonyl (C=O) groups is 1. The molecule has 2 rings (SSSR count). The molecule has 4 nitrogen and oxygen atoms in total. The maximum atomic E-state index is 11.7. The van der Waals surface area contributed by atoms with Crippen LogP contribution in [0.4, 0.5) is 5.69 Å². The topological polar surface area (TPSA) is 61.5 Å². The van der Waals surface area contributed by atoms with Crippen LogP contribution in [0.3, 0.4) is 0 Å². The van der Waals surface area contributed by atoms with Crippen molar-refractivity contribution >= 4 is 11.7 Å². The summed E-state index contributed by atoms with van der Waals surface area (Å²) >= 11 is 0. The Balaban J connectivity index is 1.74. The van der Waals surface area contributed by atoms with E-state index in [0.29, 0.717) is 18.7 Å². The van der Waals surface area contributed by atoms with Crippen LogP contribution in [0, 0.1) is 0 Å². The molecule has 0 amide bonds. The molecule has 0 fully saturated rings. The van der Waals surface area contributed by atoms with Crippen LogP contribution in [-0.2, 0) is 22.4 Å². The van der Waals surface area contributed by atoms with Crippen LogP contribution in [0.5, 0.6) is 5.75 Å². The van der Waals surface area contributed by atoms with E-state index < -0.39 is 0 Å². The van der Waals surface area contributed by atoms with Crippen LogP contribution in [0.25, 0.3) is 0 Å². The van der Waals surface area contributed by atoms with Gasteiger partial charge in [0.05, 0.1) is 20.1 Å². The molecule has 0 saturated heterocycles. The van der Waals surface area contributed by atoms with Crippen LogP contribution in [0.1, 0.15) is 11.1 Å². The quantitative estimate of drug-likeness (QED) is 0.654. The lowest BCUT2D eigenvalue weighted by molar-refractivity contribution is -0.142. The third-order valence-electron chi connectivity index (χ3n) is 3.14. The molecule has 0 radical (unpaired) electrons. The number of ether oxygens (including phenoxy) is 2. The minimum atomic E-state index is -0.228. The largest absolute Gasteiger partial charge is 0.497 e. The lowest BCUT2D eigenvalue weighted by Crippen LogP contribution is -2.10. The van der Waals surface area contributed by atoms with Crippen LogP contribution in [0.15, 0.2) is 48.5 Å². The second-order valence-electron chi connectivity index (χ2n) is 4.74. The number of nitrogens with two attached hydrogens (primary N) is 1. The Kier molecular flexibility index (Phi) is 5.21. The highest BCUT2D eigenvalue weighted by Crippen LogP contribution is 2.12. The number of esters is 1. The molecule has 0 spiro atoms. The smallest absolute Gasteiger partial charge is 0.310 e. The van der Waals surface area contributed by atoms with Gasteiger partial charge in [0, 0.05) is 12.1 Å². The van der Waals surface area contributed by atoms with Crippen molar-refractivity contribution in [3.63, 3.8) is 0 Å². The zero-order valence-electron chi connectivity index (χ0n) is 12.0. The molecule has 0 bridgehead atoms. The molecule has 2 N–H and O–H groups in total. The van der Waals surface area contributed by atoms with Gasteiger partial charge < -0.3 is 15.2 Å². The molecule has 0 unspecified atom stereocenters. The lowest BCUT2D eigenvalue weighted by atomic mass is 10.1. The van der Waals surface area contributed by atoms with E-state index in [4.69, 9.17) is 15.2 Å². The van der Waals surface area contributed by atoms with Crippen molar-refractivity contribution in [3.05, 3.63) is 59.7 Å². The summed E-state index contributed by atoms with van der Waals surface area (Å²) in [5, 5.41) is 0. The van der Waals surface area contributed by atoms with Crippen molar-refractivity contribution in [1.82, 2.24) is 0 Å². The second-order valence-corrected chi connectivity index (χ2v) is 4.74. The maximum Gasteiger partial charge on any atom is 0.310 e. The number of methoxy groups -OCH3 is 1. The Morgan fingerprint density at radius 3 is 2.24 bits per heavy atom. The Hall–Kier alpha value is -2.49. The highest BCUT2D eigenvalue weighted by Gasteiger charge is 2.05. The van der Waals surface area contributed by atoms with Crippen LogP contribution >= 0.6 is 0 Å². The maximum absolute atomic E-state index is 11.7. The molecule has 2 aromatic carbocycles. The van der Waals surface area contributed by atoms with Gasteiger partial charge >= 0.3 is 5.97 Å². The predicted octanol–water partition coefficient (Wildman–Crippen LogP) is 2.61. The molecule has 110 valence electrons. The first kappa shape index (κ1) is 14.9. The van der Waals surface area contributed by atoms with Gasteiger partial charge in [0.15, 0.2) is 0 Å². The van der Waals surface area contributed by atoms with Gasteiger partial charge in [-0.2, -0.15) is 0 Å². The number of benzene rings is 2. The normalized spacial score (nSPS) is 10.1. The Bertz CT molecular complexity index is 576. The first-order valence-corrected chi connectivity index (χ1v) is 6.80. The predicted molar refractivity (Wildman–Crippen MR) is 82.2 cm³/mol. The number of hydrogen-bond acceptors (Lipinski definition) is 4. The van der Waals surface area contributed by atoms with Crippen LogP contribution in [-0.4, -0.2) is 19.7 Å². The first-order valence-electron chi connectivity index (χ1n) is 6.80. The summed E-state index contributed by atoms with van der Waals surface area (Å²) in [6.45, 7) is 0.375. The van der Waals surface area contributed by atoms with E-state index in [1.165, 1.54) is 0 Å². The van der Waals surface area contributed by atoms with Gasteiger partial charge in [-0.05, 0) is 35.4 Å². The third kappa shape index (κ3) is 4.84. The molecule has 0 atom stereocenters. The SMILES string of the molecule is COc1ccc(CCOC(=O)Cc2ccc(N)cc2)cc1. The van der Waals surface area contributed by atoms with Gasteiger partial charge in [-0.1, -0.05) is 24.3 Å². The minimum Gasteiger partial charge on any atom is -0.497 e. The van der Waals surface area contributed by atoms with Gasteiger partial charge in [0.25, 0.3) is 0 Å². The van der Waals surface area contributed by atoms with E-state index in [1.54, 1.807) is 19.2 Å². The summed E-state index contributed by atoms with van der Waals surface area (Å²) in [5.41, 5.74) is 8.29. The summed E-state index contributed by atoms with van der Waals surface area (Å²) in [4.78, 5) is 11.7. The number of rotatable bonds is 6. The van der Waals surface area contributed by atoms with Crippen molar-refractivity contribution in [2.24, 2.45) is 0 Å². The standard InChI is InChI=1S/C17H19NO3/c1-20-16-8-4-13(5-9-16)10-11-21-17(19)12-14-2-6-15(18)7-3-14/h2-9H,10-12,18H2,1H3. The molecule has 4 heteroatoms. The third-order valence-corrected chi connectivity index (χ3v) is 3.14. The number of anilines is 1. The molecule has 0 aromatic heterocycles. The van der Waals surface area contributed by atoms with Gasteiger partial charge in [-0.25, -0.2) is 0 Å². The van der Waals surface area contributed by atoms with Gasteiger partial charge in [-0.15, -0.1) is 0 Å². The van der Waals surface area contributed by atoms with Crippen molar-refractivity contribution in [2.75, 3.05) is 19.5 Å². The van der Waals surface area contributed by atoms with Crippen molar-refractivity contribution < 1.29 is 14.3 Å². The van der Waals surface area contributed by atoms with E-state index >= 15 is 0 Å². The lowest BCUT2D eigenvalue weighted by Gasteiger charge is -2.06. The average molecular weight is 285 g/mol. The molecule has 0 aliphatic carbocycles. The molecule has 2 aromatic rings. The number of nitrogen functional groups attached to an aromatic ring is 1. The Morgan fingerprint density at radius 1 is 1.00 bits per heavy atom. The fourth-order valence-corrected chi connectivity index (χ4v) is 1.93. The van der Waals surface area contributed by atoms with Crippen LogP contribution in [0.2, 0.25) is 0 Å². The fraction of sp³-hybridized carbons (Fsp3) is 0.235. The second kappa shape index (κ2) is 7.33. The van der Waals surface area contributed by atoms with E-state index in [-0.39, 0.29) is 12.4 Å². The first-order chi connectivity index (χ1) is 10.2. The van der Waals surface area contributed by atoms with E-state index in [1.807, 2.05) is 36.4 Å². The zero-order chi connectivity index (χ0) is 15.1. The van der Waals surface area contributed by atoms with E-state index in [2.05, 4.69) is 0 Å². The molecule has 0 aliphatic rings. The van der Waals surface area contributed by atoms with Crippen LogP contribution < -0.4 is 10.5 Å². The van der Waals surface area contributed by atoms with E-state index in [9.17, 15) is 4.79 Å². The molecule has 0 aliphatic heterocycles. The summed E-state index contributed by atoms with van der Waals surface area (Å²) in [5.74, 6) is 0.590. The molecule has 0 heterocycles. The van der Waals surface area contributed by atoms with E-state index in [0.717, 1.165) is 16.9 Å².